The molecule has 0 radical (unpaired) electrons. The maximum Gasteiger partial charge on any atom is 0.252 e. The van der Waals surface area contributed by atoms with Crippen molar-refractivity contribution in [3.05, 3.63) is 45.7 Å². The fourth-order valence-corrected chi connectivity index (χ4v) is 1.93. The van der Waals surface area contributed by atoms with Gasteiger partial charge in [-0.3, -0.25) is 4.79 Å². The van der Waals surface area contributed by atoms with E-state index in [9.17, 15) is 4.79 Å². The third-order valence-electron chi connectivity index (χ3n) is 2.83. The van der Waals surface area contributed by atoms with Gasteiger partial charge in [0.05, 0.1) is 5.52 Å². The minimum atomic E-state index is -0.0805. The normalized spacial score (nSPS) is 11.2. The Balaban J connectivity index is 2.80. The van der Waals surface area contributed by atoms with Gasteiger partial charge in [-0.05, 0) is 22.9 Å². The molecule has 0 fully saturated rings. The third kappa shape index (κ3) is 1.74. The van der Waals surface area contributed by atoms with E-state index in [4.69, 9.17) is 5.73 Å². The largest absolute Gasteiger partial charge is 0.326 e. The summed E-state index contributed by atoms with van der Waals surface area (Å²) in [6.07, 6.45) is 0. The molecule has 1 aromatic heterocycles. The van der Waals surface area contributed by atoms with E-state index in [0.717, 1.165) is 16.5 Å². The SMILES string of the molecule is CC(C)c1cccc2cc(CN)c(=O)[nH]c12. The predicted molar refractivity (Wildman–Crippen MR) is 66.5 cm³/mol. The van der Waals surface area contributed by atoms with Crippen molar-refractivity contribution >= 4 is 10.9 Å². The number of nitrogens with two attached hydrogens (primary N) is 1. The number of aromatic amines is 1. The number of rotatable bonds is 2. The van der Waals surface area contributed by atoms with Gasteiger partial charge in [0.25, 0.3) is 5.56 Å². The van der Waals surface area contributed by atoms with E-state index in [1.54, 1.807) is 0 Å². The second-order valence-electron chi connectivity index (χ2n) is 4.29. The second kappa shape index (κ2) is 4.10. The first kappa shape index (κ1) is 10.9. The molecular weight excluding hydrogens is 200 g/mol. The monoisotopic (exact) mass is 216 g/mol. The van der Waals surface area contributed by atoms with Gasteiger partial charge >= 0.3 is 0 Å². The highest BCUT2D eigenvalue weighted by atomic mass is 16.1. The first-order valence-electron chi connectivity index (χ1n) is 5.48. The van der Waals surface area contributed by atoms with Crippen molar-refractivity contribution in [2.24, 2.45) is 5.73 Å². The zero-order chi connectivity index (χ0) is 11.7. The zero-order valence-electron chi connectivity index (χ0n) is 9.58. The number of pyridine rings is 1. The summed E-state index contributed by atoms with van der Waals surface area (Å²) < 4.78 is 0. The maximum atomic E-state index is 11.7. The van der Waals surface area contributed by atoms with Gasteiger partial charge in [0.1, 0.15) is 0 Å². The number of hydrogen-bond acceptors (Lipinski definition) is 2. The Morgan fingerprint density at radius 3 is 2.75 bits per heavy atom. The predicted octanol–water partition coefficient (Wildman–Crippen LogP) is 2.11. The summed E-state index contributed by atoms with van der Waals surface area (Å²) in [5.41, 5.74) is 8.17. The number of aromatic nitrogens is 1. The van der Waals surface area contributed by atoms with Crippen LogP contribution in [0.5, 0.6) is 0 Å². The van der Waals surface area contributed by atoms with Crippen LogP contribution in [0.1, 0.15) is 30.9 Å². The van der Waals surface area contributed by atoms with Crippen molar-refractivity contribution < 1.29 is 0 Å². The molecular formula is C13H16N2O. The van der Waals surface area contributed by atoms with E-state index >= 15 is 0 Å². The summed E-state index contributed by atoms with van der Waals surface area (Å²) in [6.45, 7) is 4.51. The molecule has 16 heavy (non-hydrogen) atoms. The van der Waals surface area contributed by atoms with Crippen LogP contribution in [0.4, 0.5) is 0 Å². The van der Waals surface area contributed by atoms with Crippen LogP contribution in [0, 0.1) is 0 Å². The number of hydrogen-bond donors (Lipinski definition) is 2. The van der Waals surface area contributed by atoms with Gasteiger partial charge < -0.3 is 10.7 Å². The molecule has 0 atom stereocenters. The van der Waals surface area contributed by atoms with Crippen molar-refractivity contribution in [2.45, 2.75) is 26.3 Å². The molecule has 0 unspecified atom stereocenters. The van der Waals surface area contributed by atoms with E-state index in [0.29, 0.717) is 11.5 Å². The molecule has 0 aliphatic heterocycles. The Labute approximate surface area is 94.3 Å². The van der Waals surface area contributed by atoms with Gasteiger partial charge in [-0.15, -0.1) is 0 Å². The number of benzene rings is 1. The molecule has 1 heterocycles. The number of H-pyrrole nitrogens is 1. The Morgan fingerprint density at radius 2 is 2.12 bits per heavy atom. The average Bonchev–Trinajstić information content (AvgIpc) is 2.27. The highest BCUT2D eigenvalue weighted by molar-refractivity contribution is 5.82. The zero-order valence-corrected chi connectivity index (χ0v) is 9.58. The van der Waals surface area contributed by atoms with Gasteiger partial charge in [0, 0.05) is 12.1 Å². The lowest BCUT2D eigenvalue weighted by atomic mass is 9.99. The minimum Gasteiger partial charge on any atom is -0.326 e. The highest BCUT2D eigenvalue weighted by Crippen LogP contribution is 2.22. The molecule has 0 saturated heterocycles. The molecule has 84 valence electrons. The molecule has 0 amide bonds. The van der Waals surface area contributed by atoms with Gasteiger partial charge in [-0.1, -0.05) is 32.0 Å². The van der Waals surface area contributed by atoms with Crippen molar-refractivity contribution in [1.29, 1.82) is 0 Å². The summed E-state index contributed by atoms with van der Waals surface area (Å²) in [5.74, 6) is 0.392. The highest BCUT2D eigenvalue weighted by Gasteiger charge is 2.07. The second-order valence-corrected chi connectivity index (χ2v) is 4.29. The molecule has 3 heteroatoms. The van der Waals surface area contributed by atoms with Crippen LogP contribution >= 0.6 is 0 Å². The first-order valence-corrected chi connectivity index (χ1v) is 5.48. The van der Waals surface area contributed by atoms with Crippen LogP contribution in [-0.2, 0) is 6.54 Å². The van der Waals surface area contributed by atoms with E-state index in [-0.39, 0.29) is 12.1 Å². The summed E-state index contributed by atoms with van der Waals surface area (Å²) in [7, 11) is 0. The van der Waals surface area contributed by atoms with Gasteiger partial charge in [-0.2, -0.15) is 0 Å². The van der Waals surface area contributed by atoms with Crippen LogP contribution in [0.15, 0.2) is 29.1 Å². The van der Waals surface area contributed by atoms with Crippen LogP contribution in [0.2, 0.25) is 0 Å². The van der Waals surface area contributed by atoms with E-state index < -0.39 is 0 Å². The van der Waals surface area contributed by atoms with Crippen LogP contribution in [0.25, 0.3) is 10.9 Å². The van der Waals surface area contributed by atoms with Crippen molar-refractivity contribution in [1.82, 2.24) is 4.98 Å². The molecule has 2 aromatic rings. The first-order chi connectivity index (χ1) is 7.63. The fourth-order valence-electron chi connectivity index (χ4n) is 1.93. The van der Waals surface area contributed by atoms with E-state index in [1.165, 1.54) is 0 Å². The minimum absolute atomic E-state index is 0.0805. The van der Waals surface area contributed by atoms with Gasteiger partial charge in [0.15, 0.2) is 0 Å². The number of nitrogens with one attached hydrogen (secondary N) is 1. The van der Waals surface area contributed by atoms with Gasteiger partial charge in [-0.25, -0.2) is 0 Å². The standard InChI is InChI=1S/C13H16N2O/c1-8(2)11-5-3-4-9-6-10(7-14)13(16)15-12(9)11/h3-6,8H,7,14H2,1-2H3,(H,15,16). The quantitative estimate of drug-likeness (QED) is 0.807. The third-order valence-corrected chi connectivity index (χ3v) is 2.83. The molecule has 3 nitrogen and oxygen atoms in total. The van der Waals surface area contributed by atoms with Crippen molar-refractivity contribution in [3.63, 3.8) is 0 Å². The van der Waals surface area contributed by atoms with Crippen molar-refractivity contribution in [3.8, 4) is 0 Å². The molecule has 2 rings (SSSR count). The Bertz CT molecular complexity index is 570. The maximum absolute atomic E-state index is 11.7. The van der Waals surface area contributed by atoms with Crippen LogP contribution < -0.4 is 11.3 Å². The summed E-state index contributed by atoms with van der Waals surface area (Å²) in [4.78, 5) is 14.6. The molecule has 0 saturated carbocycles. The molecule has 0 aliphatic carbocycles. The summed E-state index contributed by atoms with van der Waals surface area (Å²) >= 11 is 0. The smallest absolute Gasteiger partial charge is 0.252 e. The Kier molecular flexibility index (Phi) is 2.79. The lowest BCUT2D eigenvalue weighted by molar-refractivity contribution is 0.871. The average molecular weight is 216 g/mol. The summed E-state index contributed by atoms with van der Waals surface area (Å²) in [5, 5.41) is 1.05. The van der Waals surface area contributed by atoms with Gasteiger partial charge in [0.2, 0.25) is 0 Å². The topological polar surface area (TPSA) is 58.9 Å². The molecule has 0 bridgehead atoms. The molecule has 0 aliphatic rings. The lowest BCUT2D eigenvalue weighted by Gasteiger charge is -2.10. The molecule has 0 spiro atoms. The summed E-state index contributed by atoms with van der Waals surface area (Å²) in [6, 6.07) is 7.93. The molecule has 1 aromatic carbocycles. The fraction of sp³-hybridized carbons (Fsp3) is 0.308. The Hall–Kier alpha value is -1.61. The van der Waals surface area contributed by atoms with E-state index in [1.807, 2.05) is 24.3 Å². The number of fused-ring (bicyclic) bond motifs is 1. The van der Waals surface area contributed by atoms with E-state index in [2.05, 4.69) is 18.8 Å². The van der Waals surface area contributed by atoms with Crippen LogP contribution in [-0.4, -0.2) is 4.98 Å². The molecule has 3 N–H and O–H groups in total. The van der Waals surface area contributed by atoms with Crippen LogP contribution in [0.3, 0.4) is 0 Å². The van der Waals surface area contributed by atoms with Crippen molar-refractivity contribution in [2.75, 3.05) is 0 Å². The Morgan fingerprint density at radius 1 is 1.38 bits per heavy atom. The number of para-hydroxylation sites is 1. The lowest BCUT2D eigenvalue weighted by Crippen LogP contribution is -2.16.